The van der Waals surface area contributed by atoms with Gasteiger partial charge in [-0.2, -0.15) is 0 Å². The summed E-state index contributed by atoms with van der Waals surface area (Å²) in [5, 5.41) is 11.8. The van der Waals surface area contributed by atoms with E-state index in [0.29, 0.717) is 24.2 Å². The van der Waals surface area contributed by atoms with Gasteiger partial charge in [-0.3, -0.25) is 14.4 Å². The number of ether oxygens (including phenoxy) is 1. The standard InChI is InChI=1S/C25H30N6O2/c1-33-24-8-3-2-5-19(24)13-27-25(32)22-15-30-10-9-17(22)12-21(30)14-31-16-23(28-29-31)18-6-4-7-20(26)11-18/h2-8,11,16-17,21-22H,9-10,12-15,26H2,1H3,(H,27,32)/t17-,21-,22+/m1/s1. The second-order valence-corrected chi connectivity index (χ2v) is 9.02. The molecule has 4 atom stereocenters. The number of aromatic nitrogens is 3. The van der Waals surface area contributed by atoms with E-state index < -0.39 is 0 Å². The van der Waals surface area contributed by atoms with E-state index in [0.717, 1.165) is 55.0 Å². The Labute approximate surface area is 193 Å². The maximum atomic E-state index is 13.0. The molecule has 2 aromatic carbocycles. The van der Waals surface area contributed by atoms with E-state index in [1.807, 2.05) is 59.4 Å². The van der Waals surface area contributed by atoms with E-state index in [1.54, 1.807) is 7.11 Å². The van der Waals surface area contributed by atoms with Crippen LogP contribution in [0.5, 0.6) is 5.75 Å². The Morgan fingerprint density at radius 3 is 2.91 bits per heavy atom. The van der Waals surface area contributed by atoms with Crippen molar-refractivity contribution in [3.63, 3.8) is 0 Å². The summed E-state index contributed by atoms with van der Waals surface area (Å²) in [5.74, 6) is 1.37. The largest absolute Gasteiger partial charge is 0.496 e. The molecule has 1 unspecified atom stereocenters. The second kappa shape index (κ2) is 9.23. The number of methoxy groups -OCH3 is 1. The molecule has 33 heavy (non-hydrogen) atoms. The highest BCUT2D eigenvalue weighted by Gasteiger charge is 2.43. The lowest BCUT2D eigenvalue weighted by Gasteiger charge is -2.49. The second-order valence-electron chi connectivity index (χ2n) is 9.02. The molecule has 0 radical (unpaired) electrons. The van der Waals surface area contributed by atoms with Crippen LogP contribution in [0, 0.1) is 11.8 Å². The Bertz CT molecular complexity index is 1130. The molecule has 2 bridgehead atoms. The number of nitrogen functional groups attached to an aromatic ring is 1. The summed E-state index contributed by atoms with van der Waals surface area (Å²) >= 11 is 0. The summed E-state index contributed by atoms with van der Waals surface area (Å²) < 4.78 is 7.32. The van der Waals surface area contributed by atoms with Crippen molar-refractivity contribution >= 4 is 11.6 Å². The maximum absolute atomic E-state index is 13.0. The topological polar surface area (TPSA) is 98.3 Å². The molecule has 6 rings (SSSR count). The number of hydrogen-bond donors (Lipinski definition) is 2. The normalized spacial score (nSPS) is 23.9. The first-order chi connectivity index (χ1) is 16.1. The minimum absolute atomic E-state index is 0.0308. The summed E-state index contributed by atoms with van der Waals surface area (Å²) in [4.78, 5) is 15.4. The molecule has 3 saturated heterocycles. The van der Waals surface area contributed by atoms with Gasteiger partial charge in [-0.1, -0.05) is 35.5 Å². The van der Waals surface area contributed by atoms with Crippen LogP contribution in [0.4, 0.5) is 5.69 Å². The number of nitrogens with one attached hydrogen (secondary N) is 1. The summed E-state index contributed by atoms with van der Waals surface area (Å²) in [5.41, 5.74) is 9.41. The minimum atomic E-state index is 0.0308. The quantitative estimate of drug-likeness (QED) is 0.542. The zero-order valence-electron chi connectivity index (χ0n) is 18.9. The highest BCUT2D eigenvalue weighted by atomic mass is 16.5. The zero-order chi connectivity index (χ0) is 22.8. The van der Waals surface area contributed by atoms with Crippen LogP contribution in [0.2, 0.25) is 0 Å². The number of carbonyl (C=O) groups is 1. The number of fused-ring (bicyclic) bond motifs is 3. The molecule has 3 aliphatic rings. The molecule has 4 heterocycles. The molecule has 1 amide bonds. The highest BCUT2D eigenvalue weighted by molar-refractivity contribution is 5.79. The fourth-order valence-corrected chi connectivity index (χ4v) is 5.22. The van der Waals surface area contributed by atoms with Crippen molar-refractivity contribution in [3.8, 4) is 17.0 Å². The molecular weight excluding hydrogens is 416 g/mol. The van der Waals surface area contributed by atoms with Crippen LogP contribution in [0.25, 0.3) is 11.3 Å². The van der Waals surface area contributed by atoms with Crippen molar-refractivity contribution in [1.29, 1.82) is 0 Å². The molecule has 0 aliphatic carbocycles. The fraction of sp³-hybridized carbons (Fsp3) is 0.400. The van der Waals surface area contributed by atoms with Crippen molar-refractivity contribution in [1.82, 2.24) is 25.2 Å². The molecule has 8 heteroatoms. The Balaban J connectivity index is 1.19. The van der Waals surface area contributed by atoms with E-state index in [-0.39, 0.29) is 11.8 Å². The lowest BCUT2D eigenvalue weighted by molar-refractivity contribution is -0.133. The van der Waals surface area contributed by atoms with Gasteiger partial charge in [0.1, 0.15) is 11.4 Å². The molecule has 8 nitrogen and oxygen atoms in total. The lowest BCUT2D eigenvalue weighted by atomic mass is 9.75. The SMILES string of the molecule is COc1ccccc1CNC(=O)[C@H]1CN2CC[C@@H]1C[C@@H]2Cn1cc(-c2cccc(N)c2)nn1. The molecule has 172 valence electrons. The van der Waals surface area contributed by atoms with E-state index in [9.17, 15) is 4.79 Å². The number of para-hydroxylation sites is 1. The molecule has 0 saturated carbocycles. The molecule has 1 aromatic heterocycles. The van der Waals surface area contributed by atoms with Gasteiger partial charge in [0, 0.05) is 35.9 Å². The minimum Gasteiger partial charge on any atom is -0.496 e. The predicted octanol–water partition coefficient (Wildman–Crippen LogP) is 2.56. The Morgan fingerprint density at radius 2 is 2.12 bits per heavy atom. The molecule has 3 aromatic rings. The van der Waals surface area contributed by atoms with Gasteiger partial charge in [0.15, 0.2) is 0 Å². The Kier molecular flexibility index (Phi) is 6.00. The monoisotopic (exact) mass is 446 g/mol. The van der Waals surface area contributed by atoms with E-state index >= 15 is 0 Å². The third-order valence-corrected chi connectivity index (χ3v) is 6.98. The van der Waals surface area contributed by atoms with Gasteiger partial charge in [-0.15, -0.1) is 5.10 Å². The fourth-order valence-electron chi connectivity index (χ4n) is 5.22. The van der Waals surface area contributed by atoms with Gasteiger partial charge in [0.05, 0.1) is 25.8 Å². The smallest absolute Gasteiger partial charge is 0.224 e. The van der Waals surface area contributed by atoms with Gasteiger partial charge in [-0.25, -0.2) is 0 Å². The number of nitrogens with zero attached hydrogens (tertiary/aromatic N) is 4. The number of carbonyl (C=O) groups excluding carboxylic acids is 1. The summed E-state index contributed by atoms with van der Waals surface area (Å²) in [7, 11) is 1.65. The van der Waals surface area contributed by atoms with E-state index in [4.69, 9.17) is 10.5 Å². The van der Waals surface area contributed by atoms with Gasteiger partial charge in [-0.05, 0) is 43.5 Å². The van der Waals surface area contributed by atoms with Gasteiger partial charge >= 0.3 is 0 Å². The molecule has 0 spiro atoms. The van der Waals surface area contributed by atoms with Gasteiger partial charge < -0.3 is 15.8 Å². The number of nitrogens with two attached hydrogens (primary N) is 1. The average Bonchev–Trinajstić information content (AvgIpc) is 3.31. The molecule has 3 fully saturated rings. The highest BCUT2D eigenvalue weighted by Crippen LogP contribution is 2.37. The van der Waals surface area contributed by atoms with Crippen LogP contribution >= 0.6 is 0 Å². The third kappa shape index (κ3) is 4.57. The van der Waals surface area contributed by atoms with Crippen LogP contribution in [-0.4, -0.2) is 52.0 Å². The first-order valence-electron chi connectivity index (χ1n) is 11.5. The summed E-state index contributed by atoms with van der Waals surface area (Å²) in [6, 6.07) is 15.9. The zero-order valence-corrected chi connectivity index (χ0v) is 18.9. The number of piperidine rings is 3. The van der Waals surface area contributed by atoms with Gasteiger partial charge in [0.25, 0.3) is 0 Å². The Morgan fingerprint density at radius 1 is 1.24 bits per heavy atom. The average molecular weight is 447 g/mol. The predicted molar refractivity (Wildman–Crippen MR) is 126 cm³/mol. The molecule has 3 aliphatic heterocycles. The van der Waals surface area contributed by atoms with Crippen LogP contribution in [0.3, 0.4) is 0 Å². The number of amides is 1. The third-order valence-electron chi connectivity index (χ3n) is 6.98. The van der Waals surface area contributed by atoms with Crippen molar-refractivity contribution in [3.05, 3.63) is 60.3 Å². The summed E-state index contributed by atoms with van der Waals surface area (Å²) in [6.07, 6.45) is 4.05. The first-order valence-corrected chi connectivity index (χ1v) is 11.5. The van der Waals surface area contributed by atoms with Crippen LogP contribution < -0.4 is 15.8 Å². The first kappa shape index (κ1) is 21.5. The number of rotatable bonds is 7. The lowest BCUT2D eigenvalue weighted by Crippen LogP contribution is -2.58. The maximum Gasteiger partial charge on any atom is 0.224 e. The van der Waals surface area contributed by atoms with Crippen molar-refractivity contribution in [2.24, 2.45) is 11.8 Å². The van der Waals surface area contributed by atoms with E-state index in [1.165, 1.54) is 0 Å². The van der Waals surface area contributed by atoms with Crippen molar-refractivity contribution < 1.29 is 9.53 Å². The van der Waals surface area contributed by atoms with Crippen LogP contribution in [0.1, 0.15) is 18.4 Å². The Hall–Kier alpha value is -3.39. The van der Waals surface area contributed by atoms with Crippen LogP contribution in [0.15, 0.2) is 54.7 Å². The van der Waals surface area contributed by atoms with E-state index in [2.05, 4.69) is 20.5 Å². The summed E-state index contributed by atoms with van der Waals surface area (Å²) in [6.45, 7) is 3.09. The van der Waals surface area contributed by atoms with Crippen molar-refractivity contribution in [2.75, 3.05) is 25.9 Å². The number of benzene rings is 2. The van der Waals surface area contributed by atoms with Crippen LogP contribution in [-0.2, 0) is 17.9 Å². The van der Waals surface area contributed by atoms with Gasteiger partial charge in [0.2, 0.25) is 5.91 Å². The molecular formula is C25H30N6O2. The number of anilines is 1. The molecule has 3 N–H and O–H groups in total. The van der Waals surface area contributed by atoms with Crippen molar-refractivity contribution in [2.45, 2.75) is 32.0 Å². The number of hydrogen-bond acceptors (Lipinski definition) is 6.